The lowest BCUT2D eigenvalue weighted by atomic mass is 10.1. The summed E-state index contributed by atoms with van der Waals surface area (Å²) in [6.07, 6.45) is 0. The second-order valence-electron chi connectivity index (χ2n) is 3.93. The summed E-state index contributed by atoms with van der Waals surface area (Å²) < 4.78 is 4.98. The zero-order valence-corrected chi connectivity index (χ0v) is 11.2. The van der Waals surface area contributed by atoms with Crippen LogP contribution in [0.3, 0.4) is 0 Å². The Morgan fingerprint density at radius 2 is 2.11 bits per heavy atom. The van der Waals surface area contributed by atoms with Crippen molar-refractivity contribution in [1.82, 2.24) is 0 Å². The SMILES string of the molecule is CCOC(=O)c1sc(-c2ccccc2C)cc1N. The summed E-state index contributed by atoms with van der Waals surface area (Å²) in [5, 5.41) is 0. The second kappa shape index (κ2) is 5.23. The quantitative estimate of drug-likeness (QED) is 0.860. The molecule has 0 aliphatic carbocycles. The summed E-state index contributed by atoms with van der Waals surface area (Å²) in [6.45, 7) is 4.18. The molecule has 0 spiro atoms. The number of ether oxygens (including phenoxy) is 1. The Hall–Kier alpha value is -1.81. The molecule has 2 aromatic rings. The first-order chi connectivity index (χ1) is 8.63. The molecule has 2 rings (SSSR count). The Kier molecular flexibility index (Phi) is 3.67. The minimum atomic E-state index is -0.347. The summed E-state index contributed by atoms with van der Waals surface area (Å²) in [7, 11) is 0. The van der Waals surface area contributed by atoms with Crippen LogP contribution in [-0.2, 0) is 4.74 Å². The van der Waals surface area contributed by atoms with Crippen molar-refractivity contribution in [3.05, 3.63) is 40.8 Å². The normalized spacial score (nSPS) is 10.3. The van der Waals surface area contributed by atoms with Crippen LogP contribution >= 0.6 is 11.3 Å². The molecule has 0 saturated heterocycles. The van der Waals surface area contributed by atoms with Gasteiger partial charge in [-0.05, 0) is 31.0 Å². The van der Waals surface area contributed by atoms with Crippen LogP contribution in [0.25, 0.3) is 10.4 Å². The zero-order valence-electron chi connectivity index (χ0n) is 10.4. The van der Waals surface area contributed by atoms with Crippen LogP contribution in [0.1, 0.15) is 22.2 Å². The van der Waals surface area contributed by atoms with E-state index in [-0.39, 0.29) is 5.97 Å². The lowest BCUT2D eigenvalue weighted by Gasteiger charge is -2.01. The molecule has 0 aliphatic rings. The van der Waals surface area contributed by atoms with Crippen LogP contribution in [-0.4, -0.2) is 12.6 Å². The van der Waals surface area contributed by atoms with Crippen LogP contribution in [0.15, 0.2) is 30.3 Å². The number of benzene rings is 1. The van der Waals surface area contributed by atoms with E-state index in [1.54, 1.807) is 6.92 Å². The number of aryl methyl sites for hydroxylation is 1. The number of hydrogen-bond acceptors (Lipinski definition) is 4. The summed E-state index contributed by atoms with van der Waals surface area (Å²) in [5.74, 6) is -0.347. The largest absolute Gasteiger partial charge is 0.462 e. The molecule has 94 valence electrons. The molecule has 0 radical (unpaired) electrons. The van der Waals surface area contributed by atoms with Crippen LogP contribution < -0.4 is 5.73 Å². The summed E-state index contributed by atoms with van der Waals surface area (Å²) in [5.41, 5.74) is 8.62. The molecule has 1 aromatic heterocycles. The highest BCUT2D eigenvalue weighted by atomic mass is 32.1. The van der Waals surface area contributed by atoms with Gasteiger partial charge in [0.2, 0.25) is 0 Å². The third-order valence-electron chi connectivity index (χ3n) is 2.63. The molecule has 0 bridgehead atoms. The monoisotopic (exact) mass is 261 g/mol. The molecule has 2 N–H and O–H groups in total. The number of nitrogens with two attached hydrogens (primary N) is 1. The van der Waals surface area contributed by atoms with Crippen molar-refractivity contribution in [3.8, 4) is 10.4 Å². The molecular weight excluding hydrogens is 246 g/mol. The number of anilines is 1. The van der Waals surface area contributed by atoms with Gasteiger partial charge in [0.1, 0.15) is 4.88 Å². The fourth-order valence-electron chi connectivity index (χ4n) is 1.74. The summed E-state index contributed by atoms with van der Waals surface area (Å²) in [4.78, 5) is 13.2. The second-order valence-corrected chi connectivity index (χ2v) is 4.98. The predicted molar refractivity (Wildman–Crippen MR) is 74.9 cm³/mol. The molecule has 1 heterocycles. The topological polar surface area (TPSA) is 52.3 Å². The van der Waals surface area contributed by atoms with Gasteiger partial charge in [0.15, 0.2) is 0 Å². The van der Waals surface area contributed by atoms with Crippen LogP contribution in [0.4, 0.5) is 5.69 Å². The van der Waals surface area contributed by atoms with Gasteiger partial charge in [-0.25, -0.2) is 4.79 Å². The number of esters is 1. The number of rotatable bonds is 3. The highest BCUT2D eigenvalue weighted by Crippen LogP contribution is 2.35. The fraction of sp³-hybridized carbons (Fsp3) is 0.214. The van der Waals surface area contributed by atoms with Crippen molar-refractivity contribution in [2.24, 2.45) is 0 Å². The maximum Gasteiger partial charge on any atom is 0.350 e. The predicted octanol–water partition coefficient (Wildman–Crippen LogP) is 3.48. The highest BCUT2D eigenvalue weighted by molar-refractivity contribution is 7.18. The minimum absolute atomic E-state index is 0.347. The van der Waals surface area contributed by atoms with Crippen molar-refractivity contribution in [2.45, 2.75) is 13.8 Å². The molecule has 0 unspecified atom stereocenters. The maximum absolute atomic E-state index is 11.7. The van der Waals surface area contributed by atoms with E-state index in [9.17, 15) is 4.79 Å². The van der Waals surface area contributed by atoms with Crippen molar-refractivity contribution in [2.75, 3.05) is 12.3 Å². The number of carbonyl (C=O) groups is 1. The Bertz CT molecular complexity index is 575. The van der Waals surface area contributed by atoms with E-state index >= 15 is 0 Å². The lowest BCUT2D eigenvalue weighted by molar-refractivity contribution is 0.0533. The van der Waals surface area contributed by atoms with Gasteiger partial charge in [-0.2, -0.15) is 0 Å². The number of nitrogen functional groups attached to an aromatic ring is 1. The summed E-state index contributed by atoms with van der Waals surface area (Å²) in [6, 6.07) is 9.86. The maximum atomic E-state index is 11.7. The van der Waals surface area contributed by atoms with Gasteiger partial charge >= 0.3 is 5.97 Å². The van der Waals surface area contributed by atoms with E-state index < -0.39 is 0 Å². The first-order valence-electron chi connectivity index (χ1n) is 5.76. The molecule has 0 fully saturated rings. The molecular formula is C14H15NO2S. The summed E-state index contributed by atoms with van der Waals surface area (Å²) >= 11 is 1.38. The average molecular weight is 261 g/mol. The minimum Gasteiger partial charge on any atom is -0.462 e. The number of carbonyl (C=O) groups excluding carboxylic acids is 1. The van der Waals surface area contributed by atoms with E-state index in [1.165, 1.54) is 11.3 Å². The Morgan fingerprint density at radius 1 is 1.39 bits per heavy atom. The standard InChI is InChI=1S/C14H15NO2S/c1-3-17-14(16)13-11(15)8-12(18-13)10-7-5-4-6-9(10)2/h4-8H,3,15H2,1-2H3. The van der Waals surface area contributed by atoms with Gasteiger partial charge < -0.3 is 10.5 Å². The van der Waals surface area contributed by atoms with Gasteiger partial charge in [-0.1, -0.05) is 24.3 Å². The fourth-order valence-corrected chi connectivity index (χ4v) is 2.81. The third-order valence-corrected chi connectivity index (χ3v) is 3.80. The molecule has 0 atom stereocenters. The van der Waals surface area contributed by atoms with Crippen LogP contribution in [0, 0.1) is 6.92 Å². The van der Waals surface area contributed by atoms with E-state index in [1.807, 2.05) is 37.3 Å². The van der Waals surface area contributed by atoms with Crippen molar-refractivity contribution in [3.63, 3.8) is 0 Å². The van der Waals surface area contributed by atoms with Gasteiger partial charge in [0.05, 0.1) is 12.3 Å². The average Bonchev–Trinajstić information content (AvgIpc) is 2.72. The van der Waals surface area contributed by atoms with E-state index in [0.29, 0.717) is 17.2 Å². The van der Waals surface area contributed by atoms with E-state index in [4.69, 9.17) is 10.5 Å². The van der Waals surface area contributed by atoms with Gasteiger partial charge in [-0.3, -0.25) is 0 Å². The van der Waals surface area contributed by atoms with Crippen molar-refractivity contribution in [1.29, 1.82) is 0 Å². The smallest absolute Gasteiger partial charge is 0.350 e. The van der Waals surface area contributed by atoms with Crippen LogP contribution in [0.2, 0.25) is 0 Å². The number of thiophene rings is 1. The van der Waals surface area contributed by atoms with Crippen molar-refractivity contribution < 1.29 is 9.53 Å². The third kappa shape index (κ3) is 2.38. The molecule has 3 nitrogen and oxygen atoms in total. The van der Waals surface area contributed by atoms with E-state index in [0.717, 1.165) is 16.0 Å². The Balaban J connectivity index is 2.41. The van der Waals surface area contributed by atoms with Gasteiger partial charge in [0, 0.05) is 4.88 Å². The first-order valence-corrected chi connectivity index (χ1v) is 6.57. The van der Waals surface area contributed by atoms with Crippen LogP contribution in [0.5, 0.6) is 0 Å². The molecule has 18 heavy (non-hydrogen) atoms. The van der Waals surface area contributed by atoms with Gasteiger partial charge in [0.25, 0.3) is 0 Å². The Morgan fingerprint density at radius 3 is 2.78 bits per heavy atom. The molecule has 0 aliphatic heterocycles. The van der Waals surface area contributed by atoms with Gasteiger partial charge in [-0.15, -0.1) is 11.3 Å². The molecule has 1 aromatic carbocycles. The molecule has 0 saturated carbocycles. The molecule has 4 heteroatoms. The number of hydrogen-bond donors (Lipinski definition) is 1. The zero-order chi connectivity index (χ0) is 13.1. The molecule has 0 amide bonds. The highest BCUT2D eigenvalue weighted by Gasteiger charge is 2.16. The van der Waals surface area contributed by atoms with Crippen molar-refractivity contribution >= 4 is 23.0 Å². The first kappa shape index (κ1) is 12.6. The Labute approximate surface area is 110 Å². The van der Waals surface area contributed by atoms with E-state index in [2.05, 4.69) is 0 Å². The lowest BCUT2D eigenvalue weighted by Crippen LogP contribution is -2.04.